The van der Waals surface area contributed by atoms with Crippen LogP contribution in [0.3, 0.4) is 0 Å². The maximum atomic E-state index is 12.1. The van der Waals surface area contributed by atoms with Crippen molar-refractivity contribution in [3.8, 4) is 0 Å². The molecule has 1 fully saturated rings. The molecule has 1 aliphatic heterocycles. The molecule has 1 aliphatic rings. The van der Waals surface area contributed by atoms with E-state index < -0.39 is 0 Å². The molecule has 1 aromatic heterocycles. The first kappa shape index (κ1) is 13.1. The summed E-state index contributed by atoms with van der Waals surface area (Å²) >= 11 is 0. The fourth-order valence-corrected chi connectivity index (χ4v) is 2.83. The van der Waals surface area contributed by atoms with Gasteiger partial charge in [0.2, 0.25) is 0 Å². The summed E-state index contributed by atoms with van der Waals surface area (Å²) in [6.07, 6.45) is 8.13. The fraction of sp³-hybridized carbons (Fsp3) is 0.692. The Balaban J connectivity index is 2.17. The molecule has 2 rings (SSSR count). The van der Waals surface area contributed by atoms with Gasteiger partial charge in [-0.05, 0) is 47.0 Å². The molecule has 1 aromatic rings. The number of hydrogen-bond acceptors (Lipinski definition) is 3. The van der Waals surface area contributed by atoms with Crippen molar-refractivity contribution in [3.63, 3.8) is 0 Å². The van der Waals surface area contributed by atoms with E-state index >= 15 is 0 Å². The molecule has 0 radical (unpaired) electrons. The van der Waals surface area contributed by atoms with Crippen molar-refractivity contribution in [2.45, 2.75) is 58.0 Å². The van der Waals surface area contributed by atoms with Gasteiger partial charge in [0, 0.05) is 23.5 Å². The molecule has 5 nitrogen and oxygen atoms in total. The number of amides is 1. The van der Waals surface area contributed by atoms with Crippen molar-refractivity contribution >= 4 is 6.03 Å². The quantitative estimate of drug-likeness (QED) is 0.832. The molecular weight excluding hydrogens is 228 g/mol. The largest absolute Gasteiger partial charge is 0.341 e. The van der Waals surface area contributed by atoms with E-state index in [1.165, 1.54) is 17.3 Å². The molecule has 2 heterocycles. The van der Waals surface area contributed by atoms with Gasteiger partial charge in [0.05, 0.1) is 0 Å². The van der Waals surface area contributed by atoms with Crippen LogP contribution in [0.25, 0.3) is 0 Å². The molecule has 0 saturated carbocycles. The van der Waals surface area contributed by atoms with E-state index in [4.69, 9.17) is 0 Å². The minimum Gasteiger partial charge on any atom is -0.269 e. The van der Waals surface area contributed by atoms with Gasteiger partial charge in [0.25, 0.3) is 0 Å². The summed E-state index contributed by atoms with van der Waals surface area (Å²) < 4.78 is 1.46. The van der Waals surface area contributed by atoms with Gasteiger partial charge in [0.1, 0.15) is 6.33 Å². The number of carbonyl (C=O) groups is 1. The number of imidazole rings is 1. The predicted octanol–water partition coefficient (Wildman–Crippen LogP) is 2.40. The van der Waals surface area contributed by atoms with Crippen LogP contribution < -0.4 is 5.43 Å². The van der Waals surface area contributed by atoms with Crippen LogP contribution >= 0.6 is 0 Å². The first-order chi connectivity index (χ1) is 8.33. The smallest absolute Gasteiger partial charge is 0.269 e. The Morgan fingerprint density at radius 3 is 2.33 bits per heavy atom. The van der Waals surface area contributed by atoms with Gasteiger partial charge in [-0.1, -0.05) is 0 Å². The van der Waals surface area contributed by atoms with Gasteiger partial charge in [-0.2, -0.15) is 0 Å². The van der Waals surface area contributed by atoms with Gasteiger partial charge < -0.3 is 0 Å². The molecule has 0 aromatic carbocycles. The Bertz CT molecular complexity index is 406. The highest BCUT2D eigenvalue weighted by atomic mass is 16.2. The number of aromatic nitrogens is 2. The van der Waals surface area contributed by atoms with E-state index in [0.717, 1.165) is 12.8 Å². The van der Waals surface area contributed by atoms with Gasteiger partial charge >= 0.3 is 6.03 Å². The van der Waals surface area contributed by atoms with Crippen LogP contribution in [0.5, 0.6) is 0 Å². The molecule has 0 unspecified atom stereocenters. The number of piperidine rings is 1. The molecule has 100 valence electrons. The molecule has 0 aliphatic carbocycles. The lowest BCUT2D eigenvalue weighted by atomic mass is 9.82. The summed E-state index contributed by atoms with van der Waals surface area (Å²) in [4.78, 5) is 16.0. The number of carbonyl (C=O) groups excluding carboxylic acids is 1. The molecule has 0 spiro atoms. The van der Waals surface area contributed by atoms with Gasteiger partial charge in [-0.3, -0.25) is 9.99 Å². The number of nitrogens with one attached hydrogen (secondary N) is 1. The summed E-state index contributed by atoms with van der Waals surface area (Å²) in [6.45, 7) is 8.68. The van der Waals surface area contributed by atoms with Crippen LogP contribution in [0, 0.1) is 0 Å². The Labute approximate surface area is 108 Å². The Morgan fingerprint density at radius 1 is 1.22 bits per heavy atom. The van der Waals surface area contributed by atoms with E-state index in [1.807, 2.05) is 0 Å². The first-order valence-corrected chi connectivity index (χ1v) is 6.42. The number of nitrogens with zero attached hydrogens (tertiary/aromatic N) is 3. The van der Waals surface area contributed by atoms with Gasteiger partial charge in [0.15, 0.2) is 0 Å². The zero-order chi connectivity index (χ0) is 13.4. The summed E-state index contributed by atoms with van der Waals surface area (Å²) in [5, 5.41) is 2.09. The van der Waals surface area contributed by atoms with E-state index in [0.29, 0.717) is 0 Å². The van der Waals surface area contributed by atoms with Crippen molar-refractivity contribution in [1.29, 1.82) is 0 Å². The third kappa shape index (κ3) is 2.41. The van der Waals surface area contributed by atoms with Crippen molar-refractivity contribution in [1.82, 2.24) is 20.0 Å². The minimum absolute atomic E-state index is 0.0298. The Hall–Kier alpha value is -1.36. The molecule has 5 heteroatoms. The van der Waals surface area contributed by atoms with Crippen LogP contribution in [-0.4, -0.2) is 31.7 Å². The lowest BCUT2D eigenvalue weighted by Crippen LogP contribution is -2.65. The third-order valence-electron chi connectivity index (χ3n) is 3.73. The lowest BCUT2D eigenvalue weighted by Gasteiger charge is -2.52. The van der Waals surface area contributed by atoms with Crippen LogP contribution in [0.2, 0.25) is 0 Å². The second-order valence-electron chi connectivity index (χ2n) is 6.20. The summed E-state index contributed by atoms with van der Waals surface area (Å²) in [5.41, 5.74) is 2.96. The topological polar surface area (TPSA) is 50.2 Å². The van der Waals surface area contributed by atoms with E-state index in [-0.39, 0.29) is 17.1 Å². The summed E-state index contributed by atoms with van der Waals surface area (Å²) in [5.74, 6) is 0. The normalized spacial score (nSPS) is 22.7. The van der Waals surface area contributed by atoms with E-state index in [1.54, 1.807) is 12.4 Å². The summed E-state index contributed by atoms with van der Waals surface area (Å²) in [7, 11) is 0. The second-order valence-corrected chi connectivity index (χ2v) is 6.20. The van der Waals surface area contributed by atoms with Crippen LogP contribution in [0.1, 0.15) is 47.0 Å². The fourth-order valence-electron chi connectivity index (χ4n) is 2.83. The summed E-state index contributed by atoms with van der Waals surface area (Å²) in [6, 6.07) is -0.157. The average Bonchev–Trinajstić information content (AvgIpc) is 2.76. The van der Waals surface area contributed by atoms with E-state index in [2.05, 4.69) is 43.1 Å². The maximum Gasteiger partial charge on any atom is 0.341 e. The Morgan fingerprint density at radius 2 is 1.83 bits per heavy atom. The molecule has 1 amide bonds. The highest BCUT2D eigenvalue weighted by Crippen LogP contribution is 2.36. The first-order valence-electron chi connectivity index (χ1n) is 6.42. The van der Waals surface area contributed by atoms with Gasteiger partial charge in [-0.15, -0.1) is 0 Å². The number of hydrogen-bond donors (Lipinski definition) is 1. The van der Waals surface area contributed by atoms with Crippen LogP contribution in [0.4, 0.5) is 4.79 Å². The highest BCUT2D eigenvalue weighted by Gasteiger charge is 2.42. The number of rotatable bonds is 1. The zero-order valence-electron chi connectivity index (χ0n) is 11.6. The SMILES string of the molecule is CC1(C)CCCC(C)(C)N1NC(=O)n1ccnc1. The van der Waals surface area contributed by atoms with Crippen molar-refractivity contribution in [3.05, 3.63) is 18.7 Å². The molecule has 0 bridgehead atoms. The second kappa shape index (κ2) is 4.39. The predicted molar refractivity (Wildman–Crippen MR) is 70.0 cm³/mol. The molecule has 0 atom stereocenters. The minimum atomic E-state index is -0.157. The van der Waals surface area contributed by atoms with E-state index in [9.17, 15) is 4.79 Å². The van der Waals surface area contributed by atoms with Gasteiger partial charge in [-0.25, -0.2) is 14.8 Å². The average molecular weight is 250 g/mol. The Kier molecular flexibility index (Phi) is 3.19. The third-order valence-corrected chi connectivity index (χ3v) is 3.73. The lowest BCUT2D eigenvalue weighted by molar-refractivity contribution is -0.0572. The maximum absolute atomic E-state index is 12.1. The molecule has 1 N–H and O–H groups in total. The zero-order valence-corrected chi connectivity index (χ0v) is 11.6. The van der Waals surface area contributed by atoms with Crippen molar-refractivity contribution in [2.24, 2.45) is 0 Å². The van der Waals surface area contributed by atoms with Crippen LogP contribution in [0.15, 0.2) is 18.7 Å². The van der Waals surface area contributed by atoms with Crippen molar-refractivity contribution in [2.75, 3.05) is 0 Å². The molecule has 1 saturated heterocycles. The molecular formula is C13H22N4O. The standard InChI is InChI=1S/C13H22N4O/c1-12(2)6-5-7-13(3,4)17(12)15-11(18)16-9-8-14-10-16/h8-10H,5-7H2,1-4H3,(H,15,18). The highest BCUT2D eigenvalue weighted by molar-refractivity contribution is 5.76. The van der Waals surface area contributed by atoms with Crippen molar-refractivity contribution < 1.29 is 4.79 Å². The number of hydrazine groups is 1. The van der Waals surface area contributed by atoms with Crippen LogP contribution in [-0.2, 0) is 0 Å². The monoisotopic (exact) mass is 250 g/mol. The molecule has 18 heavy (non-hydrogen) atoms.